The standard InChI is InChI=1S/C30H38ClN5O4S/c1-19-24-12-8-9-13-25(24)20(2)35(19)17-16-28(37)32-22-14-15-26(31)27(18-22)41(39,40)33-29-21(3)34(4)36(30(29)38)23-10-6-5-7-11-23/h5-7,10-11,14-15,18-20,24-25,33H,8-9,12-13,16-17H2,1-4H3,(H,32,37). The summed E-state index contributed by atoms with van der Waals surface area (Å²) in [5.74, 6) is 1.20. The van der Waals surface area contributed by atoms with E-state index in [-0.39, 0.29) is 21.5 Å². The van der Waals surface area contributed by atoms with Gasteiger partial charge in [0.15, 0.2) is 0 Å². The highest BCUT2D eigenvalue weighted by Gasteiger charge is 2.44. The smallest absolute Gasteiger partial charge is 0.296 e. The summed E-state index contributed by atoms with van der Waals surface area (Å²) in [6, 6.07) is 14.2. The topological polar surface area (TPSA) is 105 Å². The number of fused-ring (bicyclic) bond motifs is 1. The predicted octanol–water partition coefficient (Wildman–Crippen LogP) is 5.17. The fourth-order valence-electron chi connectivity index (χ4n) is 6.77. The summed E-state index contributed by atoms with van der Waals surface area (Å²) in [5, 5.41) is 2.81. The van der Waals surface area contributed by atoms with Crippen LogP contribution in [0.1, 0.15) is 51.6 Å². The van der Waals surface area contributed by atoms with Crippen LogP contribution in [0.3, 0.4) is 0 Å². The molecule has 0 radical (unpaired) electrons. The first-order valence-electron chi connectivity index (χ1n) is 14.2. The number of para-hydroxylation sites is 1. The van der Waals surface area contributed by atoms with Gasteiger partial charge in [-0.15, -0.1) is 0 Å². The van der Waals surface area contributed by atoms with Gasteiger partial charge in [-0.05, 0) is 75.8 Å². The molecule has 1 saturated heterocycles. The first-order chi connectivity index (χ1) is 19.5. The highest BCUT2D eigenvalue weighted by atomic mass is 35.5. The summed E-state index contributed by atoms with van der Waals surface area (Å²) in [6.07, 6.45) is 5.40. The second kappa shape index (κ2) is 11.7. The number of carbonyl (C=O) groups excluding carboxylic acids is 1. The first-order valence-corrected chi connectivity index (χ1v) is 16.1. The highest BCUT2D eigenvalue weighted by molar-refractivity contribution is 7.92. The molecule has 1 aromatic heterocycles. The molecular formula is C30H38ClN5O4S. The second-order valence-corrected chi connectivity index (χ2v) is 13.4. The van der Waals surface area contributed by atoms with Gasteiger partial charge < -0.3 is 5.32 Å². The van der Waals surface area contributed by atoms with Crippen LogP contribution in [0.5, 0.6) is 0 Å². The maximum Gasteiger partial charge on any atom is 0.296 e. The van der Waals surface area contributed by atoms with Crippen LogP contribution < -0.4 is 15.6 Å². The molecule has 2 N–H and O–H groups in total. The van der Waals surface area contributed by atoms with E-state index in [1.807, 2.05) is 6.07 Å². The van der Waals surface area contributed by atoms with E-state index in [9.17, 15) is 18.0 Å². The maximum atomic E-state index is 13.4. The molecule has 4 atom stereocenters. The van der Waals surface area contributed by atoms with Crippen LogP contribution in [0, 0.1) is 18.8 Å². The van der Waals surface area contributed by atoms with Crippen molar-refractivity contribution < 1.29 is 13.2 Å². The SMILES string of the molecule is Cc1c(NS(=O)(=O)c2cc(NC(=O)CCN3C(C)C4CCCCC4C3C)ccc2Cl)c(=O)n(-c2ccccc2)n1C. The number of carbonyl (C=O) groups is 1. The average molecular weight is 600 g/mol. The summed E-state index contributed by atoms with van der Waals surface area (Å²) >= 11 is 6.31. The van der Waals surface area contributed by atoms with E-state index in [4.69, 9.17) is 11.6 Å². The van der Waals surface area contributed by atoms with Crippen molar-refractivity contribution >= 4 is 38.9 Å². The van der Waals surface area contributed by atoms with Gasteiger partial charge in [-0.3, -0.25) is 23.9 Å². The van der Waals surface area contributed by atoms with Crippen molar-refractivity contribution in [3.63, 3.8) is 0 Å². The van der Waals surface area contributed by atoms with Gasteiger partial charge in [0.25, 0.3) is 15.6 Å². The lowest BCUT2D eigenvalue weighted by molar-refractivity contribution is -0.116. The number of sulfonamides is 1. The van der Waals surface area contributed by atoms with Crippen molar-refractivity contribution in [3.8, 4) is 5.69 Å². The number of aromatic nitrogens is 2. The quantitative estimate of drug-likeness (QED) is 0.372. The summed E-state index contributed by atoms with van der Waals surface area (Å²) in [5.41, 5.74) is 0.783. The molecule has 9 nitrogen and oxygen atoms in total. The van der Waals surface area contributed by atoms with Crippen LogP contribution in [0.15, 0.2) is 58.2 Å². The summed E-state index contributed by atoms with van der Waals surface area (Å²) in [6.45, 7) is 6.87. The van der Waals surface area contributed by atoms with Crippen LogP contribution in [0.2, 0.25) is 5.02 Å². The molecule has 2 aliphatic rings. The van der Waals surface area contributed by atoms with Gasteiger partial charge in [0.2, 0.25) is 5.91 Å². The van der Waals surface area contributed by atoms with Crippen LogP contribution in [0.25, 0.3) is 5.69 Å². The fourth-order valence-corrected chi connectivity index (χ4v) is 8.42. The zero-order valence-corrected chi connectivity index (χ0v) is 25.5. The Morgan fingerprint density at radius 3 is 2.29 bits per heavy atom. The van der Waals surface area contributed by atoms with Crippen LogP contribution in [-0.2, 0) is 21.9 Å². The van der Waals surface area contributed by atoms with E-state index in [0.717, 1.165) is 0 Å². The third-order valence-corrected chi connectivity index (χ3v) is 10.9. The van der Waals surface area contributed by atoms with Crippen molar-refractivity contribution in [2.24, 2.45) is 18.9 Å². The lowest BCUT2D eigenvalue weighted by Crippen LogP contribution is -2.37. The molecule has 5 rings (SSSR count). The summed E-state index contributed by atoms with van der Waals surface area (Å²) in [7, 11) is -2.57. The molecule has 220 valence electrons. The van der Waals surface area contributed by atoms with Gasteiger partial charge in [-0.2, -0.15) is 0 Å². The molecule has 3 aromatic rings. The predicted molar refractivity (Wildman–Crippen MR) is 162 cm³/mol. The number of halogens is 1. The molecule has 11 heteroatoms. The second-order valence-electron chi connectivity index (χ2n) is 11.3. The van der Waals surface area contributed by atoms with Gasteiger partial charge in [0.1, 0.15) is 10.6 Å². The molecule has 0 bridgehead atoms. The van der Waals surface area contributed by atoms with E-state index in [1.54, 1.807) is 49.0 Å². The third kappa shape index (κ3) is 5.69. The molecule has 1 aliphatic carbocycles. The molecule has 2 fully saturated rings. The van der Waals surface area contributed by atoms with Crippen molar-refractivity contribution in [1.29, 1.82) is 0 Å². The Hall–Kier alpha value is -3.08. The highest BCUT2D eigenvalue weighted by Crippen LogP contribution is 2.44. The number of rotatable bonds is 8. The summed E-state index contributed by atoms with van der Waals surface area (Å²) < 4.78 is 32.3. The van der Waals surface area contributed by atoms with E-state index in [2.05, 4.69) is 28.8 Å². The Kier molecular flexibility index (Phi) is 8.36. The van der Waals surface area contributed by atoms with Gasteiger partial charge >= 0.3 is 0 Å². The van der Waals surface area contributed by atoms with Crippen molar-refractivity contribution in [2.75, 3.05) is 16.6 Å². The zero-order chi connectivity index (χ0) is 29.5. The Bertz CT molecular complexity index is 1580. The van der Waals surface area contributed by atoms with Crippen molar-refractivity contribution in [3.05, 3.63) is 69.6 Å². The fraction of sp³-hybridized carbons (Fsp3) is 0.467. The number of hydrogen-bond acceptors (Lipinski definition) is 5. The van der Waals surface area contributed by atoms with Crippen LogP contribution in [-0.4, -0.2) is 47.2 Å². The van der Waals surface area contributed by atoms with Gasteiger partial charge in [-0.1, -0.05) is 42.6 Å². The van der Waals surface area contributed by atoms with E-state index in [1.165, 1.54) is 42.5 Å². The summed E-state index contributed by atoms with van der Waals surface area (Å²) in [4.78, 5) is 28.4. The lowest BCUT2D eigenvalue weighted by atomic mass is 9.77. The Morgan fingerprint density at radius 1 is 1.02 bits per heavy atom. The van der Waals surface area contributed by atoms with Crippen LogP contribution >= 0.6 is 11.6 Å². The molecular weight excluding hydrogens is 562 g/mol. The Balaban J connectivity index is 1.30. The lowest BCUT2D eigenvalue weighted by Gasteiger charge is -2.27. The van der Waals surface area contributed by atoms with Gasteiger partial charge in [-0.25, -0.2) is 13.1 Å². The number of benzene rings is 2. The number of nitrogens with zero attached hydrogens (tertiary/aromatic N) is 3. The molecule has 2 heterocycles. The number of anilines is 2. The minimum Gasteiger partial charge on any atom is -0.326 e. The molecule has 2 aromatic carbocycles. The van der Waals surface area contributed by atoms with Crippen LogP contribution in [0.4, 0.5) is 11.4 Å². The monoisotopic (exact) mass is 599 g/mol. The zero-order valence-electron chi connectivity index (χ0n) is 23.9. The van der Waals surface area contributed by atoms with E-state index in [0.29, 0.717) is 54.0 Å². The molecule has 1 saturated carbocycles. The average Bonchev–Trinajstić information content (AvgIpc) is 3.32. The Labute approximate surface area is 246 Å². The minimum atomic E-state index is -4.25. The van der Waals surface area contributed by atoms with Crippen molar-refractivity contribution in [1.82, 2.24) is 14.3 Å². The molecule has 41 heavy (non-hydrogen) atoms. The number of amides is 1. The number of likely N-dealkylation sites (tertiary alicyclic amines) is 1. The van der Waals surface area contributed by atoms with Gasteiger partial charge in [0.05, 0.1) is 16.4 Å². The van der Waals surface area contributed by atoms with E-state index < -0.39 is 15.6 Å². The van der Waals surface area contributed by atoms with Crippen molar-refractivity contribution in [2.45, 2.75) is 69.9 Å². The third-order valence-electron chi connectivity index (χ3n) is 9.05. The normalized spacial score (nSPS) is 22.9. The molecule has 0 spiro atoms. The molecule has 4 unspecified atom stereocenters. The maximum absolute atomic E-state index is 13.4. The number of nitrogens with one attached hydrogen (secondary N) is 2. The minimum absolute atomic E-state index is 0.0187. The molecule has 1 aliphatic heterocycles. The van der Waals surface area contributed by atoms with Gasteiger partial charge in [0, 0.05) is 37.8 Å². The molecule has 1 amide bonds. The Morgan fingerprint density at radius 2 is 1.66 bits per heavy atom. The number of hydrogen-bond donors (Lipinski definition) is 2. The van der Waals surface area contributed by atoms with E-state index >= 15 is 0 Å². The largest absolute Gasteiger partial charge is 0.326 e. The first kappa shape index (κ1) is 29.4.